The maximum atomic E-state index is 12.0. The van der Waals surface area contributed by atoms with Crippen molar-refractivity contribution in [3.05, 3.63) is 29.4 Å². The molecule has 2 aromatic heterocycles. The van der Waals surface area contributed by atoms with E-state index in [0.29, 0.717) is 30.7 Å². The lowest BCUT2D eigenvalue weighted by molar-refractivity contribution is 0.206. The minimum Gasteiger partial charge on any atom is -0.348 e. The number of H-pyrrole nitrogens is 1. The molecule has 1 aliphatic rings. The number of nitrogens with one attached hydrogen (secondary N) is 2. The molecule has 0 atom stereocenters. The summed E-state index contributed by atoms with van der Waals surface area (Å²) in [6.45, 7) is 2.96. The number of aromatic amines is 1. The number of nitrogens with zero attached hydrogens (tertiary/aromatic N) is 4. The first-order valence-corrected chi connectivity index (χ1v) is 9.17. The summed E-state index contributed by atoms with van der Waals surface area (Å²) >= 11 is 1.74. The molecule has 9 heteroatoms. The molecule has 0 aliphatic heterocycles. The summed E-state index contributed by atoms with van der Waals surface area (Å²) < 4.78 is 5.20. The molecule has 2 amide bonds. The molecule has 1 fully saturated rings. The molecule has 2 N–H and O–H groups in total. The second-order valence-electron chi connectivity index (χ2n) is 5.94. The van der Waals surface area contributed by atoms with Crippen LogP contribution in [0, 0.1) is 6.92 Å². The zero-order valence-electron chi connectivity index (χ0n) is 13.9. The topological polar surface area (TPSA) is 99.9 Å². The maximum absolute atomic E-state index is 12.0. The van der Waals surface area contributed by atoms with Crippen LogP contribution in [-0.4, -0.2) is 50.4 Å². The monoisotopic (exact) mass is 350 g/mol. The molecule has 0 aromatic carbocycles. The van der Waals surface area contributed by atoms with Gasteiger partial charge in [0.25, 0.3) is 0 Å². The van der Waals surface area contributed by atoms with Crippen LogP contribution in [0.5, 0.6) is 0 Å². The Labute approximate surface area is 144 Å². The predicted octanol–water partition coefficient (Wildman–Crippen LogP) is 2.05. The lowest BCUT2D eigenvalue weighted by atomic mass is 10.4. The number of urea groups is 1. The van der Waals surface area contributed by atoms with Crippen molar-refractivity contribution in [1.82, 2.24) is 30.3 Å². The van der Waals surface area contributed by atoms with Crippen LogP contribution >= 0.6 is 11.8 Å². The zero-order chi connectivity index (χ0) is 16.9. The smallest absolute Gasteiger partial charge is 0.317 e. The van der Waals surface area contributed by atoms with Gasteiger partial charge in [-0.2, -0.15) is 16.7 Å². The minimum atomic E-state index is -0.135. The van der Waals surface area contributed by atoms with Crippen LogP contribution in [0.4, 0.5) is 4.79 Å². The molecule has 0 bridgehead atoms. The van der Waals surface area contributed by atoms with E-state index in [9.17, 15) is 4.79 Å². The summed E-state index contributed by atoms with van der Waals surface area (Å²) in [5.41, 5.74) is 2.16. The van der Waals surface area contributed by atoms with Crippen molar-refractivity contribution in [3.8, 4) is 0 Å². The molecule has 24 heavy (non-hydrogen) atoms. The van der Waals surface area contributed by atoms with E-state index in [1.165, 1.54) is 0 Å². The van der Waals surface area contributed by atoms with Crippen molar-refractivity contribution in [2.24, 2.45) is 0 Å². The summed E-state index contributed by atoms with van der Waals surface area (Å²) in [6, 6.07) is -0.135. The fourth-order valence-electron chi connectivity index (χ4n) is 2.18. The van der Waals surface area contributed by atoms with E-state index < -0.39 is 0 Å². The molecular weight excluding hydrogens is 328 g/mol. The number of aromatic nitrogens is 4. The van der Waals surface area contributed by atoms with Gasteiger partial charge in [0.1, 0.15) is 0 Å². The van der Waals surface area contributed by atoms with Gasteiger partial charge in [-0.1, -0.05) is 5.16 Å². The highest BCUT2D eigenvalue weighted by molar-refractivity contribution is 7.98. The SMILES string of the molecule is Cc1[nH]cnc1CSCCNC(=O)N(C)Cc1noc(C2CC2)n1. The highest BCUT2D eigenvalue weighted by atomic mass is 32.2. The average Bonchev–Trinajstić information content (AvgIpc) is 3.19. The van der Waals surface area contributed by atoms with Gasteiger partial charge in [0.2, 0.25) is 5.89 Å². The van der Waals surface area contributed by atoms with Gasteiger partial charge in [0, 0.05) is 36.7 Å². The maximum Gasteiger partial charge on any atom is 0.317 e. The van der Waals surface area contributed by atoms with Gasteiger partial charge in [0.15, 0.2) is 5.82 Å². The number of imidazole rings is 1. The summed E-state index contributed by atoms with van der Waals surface area (Å²) in [5, 5.41) is 6.82. The van der Waals surface area contributed by atoms with E-state index in [1.54, 1.807) is 30.0 Å². The zero-order valence-corrected chi connectivity index (χ0v) is 14.7. The van der Waals surface area contributed by atoms with Crippen LogP contribution in [0.15, 0.2) is 10.9 Å². The Kier molecular flexibility index (Phi) is 5.39. The Hall–Kier alpha value is -2.03. The quantitative estimate of drug-likeness (QED) is 0.707. The predicted molar refractivity (Wildman–Crippen MR) is 90.6 cm³/mol. The van der Waals surface area contributed by atoms with Gasteiger partial charge in [-0.3, -0.25) is 0 Å². The van der Waals surface area contributed by atoms with Crippen LogP contribution in [-0.2, 0) is 12.3 Å². The van der Waals surface area contributed by atoms with Crippen LogP contribution in [0.3, 0.4) is 0 Å². The van der Waals surface area contributed by atoms with Crippen molar-refractivity contribution in [2.75, 3.05) is 19.3 Å². The molecule has 8 nitrogen and oxygen atoms in total. The van der Waals surface area contributed by atoms with E-state index >= 15 is 0 Å². The number of hydrogen-bond acceptors (Lipinski definition) is 6. The van der Waals surface area contributed by atoms with Crippen molar-refractivity contribution in [2.45, 2.75) is 38.0 Å². The molecule has 0 unspecified atom stereocenters. The molecule has 0 saturated heterocycles. The highest BCUT2D eigenvalue weighted by Crippen LogP contribution is 2.38. The van der Waals surface area contributed by atoms with Crippen molar-refractivity contribution < 1.29 is 9.32 Å². The lowest BCUT2D eigenvalue weighted by Gasteiger charge is -2.15. The average molecular weight is 350 g/mol. The molecule has 1 aliphatic carbocycles. The van der Waals surface area contributed by atoms with E-state index in [1.807, 2.05) is 6.92 Å². The van der Waals surface area contributed by atoms with Gasteiger partial charge >= 0.3 is 6.03 Å². The minimum absolute atomic E-state index is 0.135. The molecule has 2 aromatic rings. The fourth-order valence-corrected chi connectivity index (χ4v) is 3.05. The number of thioether (sulfide) groups is 1. The fraction of sp³-hybridized carbons (Fsp3) is 0.600. The van der Waals surface area contributed by atoms with Crippen LogP contribution in [0.1, 0.15) is 41.9 Å². The molecular formula is C15H22N6O2S. The highest BCUT2D eigenvalue weighted by Gasteiger charge is 2.29. The van der Waals surface area contributed by atoms with E-state index in [0.717, 1.165) is 35.7 Å². The molecule has 0 radical (unpaired) electrons. The largest absolute Gasteiger partial charge is 0.348 e. The second kappa shape index (κ2) is 7.69. The van der Waals surface area contributed by atoms with Gasteiger partial charge < -0.3 is 19.7 Å². The first-order valence-electron chi connectivity index (χ1n) is 8.01. The second-order valence-corrected chi connectivity index (χ2v) is 7.04. The Bertz CT molecular complexity index is 681. The number of rotatable bonds is 8. The van der Waals surface area contributed by atoms with Gasteiger partial charge in [-0.25, -0.2) is 9.78 Å². The lowest BCUT2D eigenvalue weighted by Crippen LogP contribution is -2.38. The summed E-state index contributed by atoms with van der Waals surface area (Å²) in [4.78, 5) is 25.2. The summed E-state index contributed by atoms with van der Waals surface area (Å²) in [7, 11) is 1.72. The Morgan fingerprint density at radius 2 is 2.38 bits per heavy atom. The van der Waals surface area contributed by atoms with Crippen molar-refractivity contribution in [3.63, 3.8) is 0 Å². The van der Waals surface area contributed by atoms with Crippen LogP contribution < -0.4 is 5.32 Å². The van der Waals surface area contributed by atoms with Crippen LogP contribution in [0.25, 0.3) is 0 Å². The summed E-state index contributed by atoms with van der Waals surface area (Å²) in [6.07, 6.45) is 3.94. The third-order valence-electron chi connectivity index (χ3n) is 3.83. The van der Waals surface area contributed by atoms with E-state index in [4.69, 9.17) is 4.52 Å². The molecule has 2 heterocycles. The first-order chi connectivity index (χ1) is 11.6. The molecule has 130 valence electrons. The van der Waals surface area contributed by atoms with E-state index in [-0.39, 0.29) is 6.03 Å². The number of aryl methyl sites for hydroxylation is 1. The van der Waals surface area contributed by atoms with Gasteiger partial charge in [-0.15, -0.1) is 0 Å². The number of carbonyl (C=O) groups excluding carboxylic acids is 1. The third-order valence-corrected chi connectivity index (χ3v) is 4.80. The normalized spacial score (nSPS) is 13.9. The molecule has 1 saturated carbocycles. The Morgan fingerprint density at radius 3 is 3.08 bits per heavy atom. The van der Waals surface area contributed by atoms with Gasteiger partial charge in [0.05, 0.1) is 18.6 Å². The number of amides is 2. The first kappa shape index (κ1) is 16.8. The molecule has 3 rings (SSSR count). The Morgan fingerprint density at radius 1 is 1.54 bits per heavy atom. The third kappa shape index (κ3) is 4.50. The van der Waals surface area contributed by atoms with Crippen molar-refractivity contribution in [1.29, 1.82) is 0 Å². The summed E-state index contributed by atoms with van der Waals surface area (Å²) in [5.74, 6) is 3.36. The molecule has 0 spiro atoms. The number of carbonyl (C=O) groups is 1. The Balaban J connectivity index is 1.32. The van der Waals surface area contributed by atoms with Crippen molar-refractivity contribution >= 4 is 17.8 Å². The van der Waals surface area contributed by atoms with Crippen LogP contribution in [0.2, 0.25) is 0 Å². The van der Waals surface area contributed by atoms with Gasteiger partial charge in [-0.05, 0) is 19.8 Å². The van der Waals surface area contributed by atoms with E-state index in [2.05, 4.69) is 25.4 Å². The number of hydrogen-bond donors (Lipinski definition) is 2. The standard InChI is InChI=1S/C15H22N6O2S/c1-10-12(18-9-17-10)8-24-6-5-16-15(22)21(2)7-13-19-14(23-20-13)11-3-4-11/h9,11H,3-8H2,1-2H3,(H,16,22)(H,17,18).